The van der Waals surface area contributed by atoms with E-state index in [9.17, 15) is 0 Å². The van der Waals surface area contributed by atoms with Crippen LogP contribution in [0.1, 0.15) is 46.0 Å². The minimum absolute atomic E-state index is 0.0368. The molecule has 8 nitrogen and oxygen atoms in total. The van der Waals surface area contributed by atoms with Gasteiger partial charge < -0.3 is 19.9 Å². The molecule has 0 radical (unpaired) electrons. The van der Waals surface area contributed by atoms with Gasteiger partial charge in [0.05, 0.1) is 17.2 Å². The number of nitrogens with zero attached hydrogens (tertiary/aromatic N) is 4. The largest absolute Gasteiger partial charge is 0.383 e. The van der Waals surface area contributed by atoms with E-state index in [2.05, 4.69) is 16.9 Å². The molecule has 2 aliphatic heterocycles. The van der Waals surface area contributed by atoms with Crippen molar-refractivity contribution in [3.63, 3.8) is 0 Å². The molecular formula is C16H23N5O3. The van der Waals surface area contributed by atoms with Crippen LogP contribution in [0.5, 0.6) is 0 Å². The Morgan fingerprint density at radius 2 is 1.96 bits per heavy atom. The van der Waals surface area contributed by atoms with Gasteiger partial charge in [0.2, 0.25) is 0 Å². The molecule has 0 saturated carbocycles. The molecule has 0 unspecified atom stereocenters. The summed E-state index contributed by atoms with van der Waals surface area (Å²) < 4.78 is 20.2. The Morgan fingerprint density at radius 3 is 2.67 bits per heavy atom. The van der Waals surface area contributed by atoms with Crippen molar-refractivity contribution in [3.05, 3.63) is 12.0 Å². The summed E-state index contributed by atoms with van der Waals surface area (Å²) in [5.41, 5.74) is 7.58. The summed E-state index contributed by atoms with van der Waals surface area (Å²) in [6, 6.07) is 0. The van der Waals surface area contributed by atoms with Crippen LogP contribution in [0.2, 0.25) is 0 Å². The van der Waals surface area contributed by atoms with Crippen LogP contribution in [-0.4, -0.2) is 43.8 Å². The van der Waals surface area contributed by atoms with Crippen molar-refractivity contribution >= 4 is 16.9 Å². The van der Waals surface area contributed by atoms with Crippen molar-refractivity contribution in [3.8, 4) is 0 Å². The number of aromatic nitrogens is 4. The van der Waals surface area contributed by atoms with Crippen LogP contribution in [0.25, 0.3) is 11.0 Å². The van der Waals surface area contributed by atoms with E-state index in [1.165, 1.54) is 6.33 Å². The summed E-state index contributed by atoms with van der Waals surface area (Å²) in [4.78, 5) is 8.48. The Morgan fingerprint density at radius 1 is 1.21 bits per heavy atom. The first-order valence-corrected chi connectivity index (χ1v) is 8.43. The maximum atomic E-state index is 6.21. The highest BCUT2D eigenvalue weighted by molar-refractivity contribution is 5.88. The topological polar surface area (TPSA) is 97.3 Å². The van der Waals surface area contributed by atoms with Crippen LogP contribution in [0, 0.1) is 0 Å². The van der Waals surface area contributed by atoms with Gasteiger partial charge in [-0.1, -0.05) is 13.8 Å². The van der Waals surface area contributed by atoms with E-state index in [4.69, 9.17) is 25.0 Å². The van der Waals surface area contributed by atoms with Crippen LogP contribution in [0.3, 0.4) is 0 Å². The van der Waals surface area contributed by atoms with Crippen LogP contribution in [0.15, 0.2) is 6.33 Å². The number of nitrogens with two attached hydrogens (primary N) is 1. The lowest BCUT2D eigenvalue weighted by Crippen LogP contribution is -2.28. The Labute approximate surface area is 140 Å². The maximum Gasteiger partial charge on any atom is 0.181 e. The molecule has 4 atom stereocenters. The molecule has 2 aromatic heterocycles. The van der Waals surface area contributed by atoms with Gasteiger partial charge in [-0.25, -0.2) is 14.6 Å². The van der Waals surface area contributed by atoms with Gasteiger partial charge >= 0.3 is 0 Å². The zero-order valence-electron chi connectivity index (χ0n) is 14.4. The molecule has 2 saturated heterocycles. The van der Waals surface area contributed by atoms with Crippen molar-refractivity contribution in [2.75, 3.05) is 5.73 Å². The lowest BCUT2D eigenvalue weighted by Gasteiger charge is -2.24. The molecule has 4 heterocycles. The summed E-state index contributed by atoms with van der Waals surface area (Å²) >= 11 is 0. The van der Waals surface area contributed by atoms with Crippen LogP contribution >= 0.6 is 0 Å². The third kappa shape index (κ3) is 2.21. The highest BCUT2D eigenvalue weighted by Gasteiger charge is 2.55. The van der Waals surface area contributed by atoms with E-state index >= 15 is 0 Å². The summed E-state index contributed by atoms with van der Waals surface area (Å²) in [6.45, 7) is 7.96. The van der Waals surface area contributed by atoms with Crippen molar-refractivity contribution in [1.29, 1.82) is 0 Å². The lowest BCUT2D eigenvalue weighted by molar-refractivity contribution is -0.197. The van der Waals surface area contributed by atoms with E-state index in [1.54, 1.807) is 4.68 Å². The number of aryl methyl sites for hydroxylation is 1. The molecule has 0 aromatic carbocycles. The van der Waals surface area contributed by atoms with Crippen molar-refractivity contribution < 1.29 is 14.2 Å². The van der Waals surface area contributed by atoms with Gasteiger partial charge in [0.15, 0.2) is 17.7 Å². The van der Waals surface area contributed by atoms with Crippen LogP contribution in [0.4, 0.5) is 5.82 Å². The van der Waals surface area contributed by atoms with Gasteiger partial charge in [0, 0.05) is 0 Å². The third-order valence-corrected chi connectivity index (χ3v) is 4.69. The first kappa shape index (κ1) is 15.7. The number of anilines is 1. The Kier molecular flexibility index (Phi) is 3.52. The minimum Gasteiger partial charge on any atom is -0.383 e. The molecule has 2 aliphatic rings. The van der Waals surface area contributed by atoms with E-state index in [-0.39, 0.29) is 24.5 Å². The van der Waals surface area contributed by atoms with Gasteiger partial charge in [0.25, 0.3) is 0 Å². The predicted molar refractivity (Wildman–Crippen MR) is 87.1 cm³/mol. The highest BCUT2D eigenvalue weighted by atomic mass is 16.8. The first-order chi connectivity index (χ1) is 11.4. The molecule has 0 bridgehead atoms. The average molecular weight is 333 g/mol. The smallest absolute Gasteiger partial charge is 0.181 e. The molecule has 0 spiro atoms. The Balaban J connectivity index is 1.82. The number of rotatable bonds is 3. The highest BCUT2D eigenvalue weighted by Crippen LogP contribution is 2.44. The molecule has 0 aliphatic carbocycles. The lowest BCUT2D eigenvalue weighted by atomic mass is 10.1. The normalized spacial score (nSPS) is 31.7. The van der Waals surface area contributed by atoms with Gasteiger partial charge in [0.1, 0.15) is 24.4 Å². The summed E-state index contributed by atoms with van der Waals surface area (Å²) in [6.07, 6.45) is 2.27. The quantitative estimate of drug-likeness (QED) is 0.914. The molecule has 8 heteroatoms. The van der Waals surface area contributed by atoms with Gasteiger partial charge in [-0.15, -0.1) is 0 Å². The fourth-order valence-electron chi connectivity index (χ4n) is 3.68. The summed E-state index contributed by atoms with van der Waals surface area (Å²) in [5, 5.41) is 5.49. The van der Waals surface area contributed by atoms with Crippen molar-refractivity contribution in [2.24, 2.45) is 0 Å². The fourth-order valence-corrected chi connectivity index (χ4v) is 3.68. The molecule has 24 heavy (non-hydrogen) atoms. The number of hydrogen-bond donors (Lipinski definition) is 1. The maximum absolute atomic E-state index is 6.21. The van der Waals surface area contributed by atoms with Crippen molar-refractivity contribution in [2.45, 2.75) is 70.9 Å². The predicted octanol–water partition coefficient (Wildman–Crippen LogP) is 1.80. The number of nitrogen functional groups attached to an aromatic ring is 1. The minimum atomic E-state index is -0.630. The molecule has 4 rings (SSSR count). The first-order valence-electron chi connectivity index (χ1n) is 8.43. The number of ether oxygens (including phenoxy) is 3. The van der Waals surface area contributed by atoms with Gasteiger partial charge in [-0.05, 0) is 26.7 Å². The monoisotopic (exact) mass is 333 g/mol. The summed E-state index contributed by atoms with van der Waals surface area (Å²) in [5.74, 6) is -0.191. The molecule has 2 N–H and O–H groups in total. The molecule has 2 aromatic rings. The van der Waals surface area contributed by atoms with Crippen molar-refractivity contribution in [1.82, 2.24) is 19.7 Å². The number of hydrogen-bond acceptors (Lipinski definition) is 7. The molecule has 2 fully saturated rings. The third-order valence-electron chi connectivity index (χ3n) is 4.69. The Hall–Kier alpha value is -1.77. The second kappa shape index (κ2) is 5.37. The summed E-state index contributed by atoms with van der Waals surface area (Å²) in [7, 11) is 0. The van der Waals surface area contributed by atoms with Crippen LogP contribution < -0.4 is 5.73 Å². The fraction of sp³-hybridized carbons (Fsp3) is 0.688. The molecule has 0 amide bonds. The molecule has 130 valence electrons. The second-order valence-electron chi connectivity index (χ2n) is 6.74. The van der Waals surface area contributed by atoms with Crippen LogP contribution in [-0.2, 0) is 20.6 Å². The van der Waals surface area contributed by atoms with E-state index in [0.717, 1.165) is 23.9 Å². The second-order valence-corrected chi connectivity index (χ2v) is 6.74. The zero-order chi connectivity index (χ0) is 17.1. The van der Waals surface area contributed by atoms with Gasteiger partial charge in [-0.2, -0.15) is 5.10 Å². The van der Waals surface area contributed by atoms with E-state index in [0.29, 0.717) is 11.5 Å². The van der Waals surface area contributed by atoms with E-state index < -0.39 is 5.79 Å². The number of fused-ring (bicyclic) bond motifs is 2. The SMILES string of the molecule is CCc1nn([C@@H]2O[C@H](CC)[C@H]3OC(C)(C)O[C@H]32)c2ncnc(N)c12. The molecular weight excluding hydrogens is 310 g/mol. The Bertz CT molecular complexity index is 774. The average Bonchev–Trinajstić information content (AvgIpc) is 3.16. The van der Waals surface area contributed by atoms with Gasteiger partial charge in [-0.3, -0.25) is 0 Å². The zero-order valence-corrected chi connectivity index (χ0v) is 14.4. The standard InChI is InChI=1S/C16H23N5O3/c1-5-8-10-13(17)18-7-19-14(10)21(20-8)15-12-11(9(6-2)22-15)23-16(3,4)24-12/h7,9,11-12,15H,5-6H2,1-4H3,(H2,17,18,19)/t9-,11-,12-,15-/m1/s1. The van der Waals surface area contributed by atoms with E-state index in [1.807, 2.05) is 20.8 Å².